The highest BCUT2D eigenvalue weighted by molar-refractivity contribution is 7.84. The Balaban J connectivity index is 2.36. The summed E-state index contributed by atoms with van der Waals surface area (Å²) in [5, 5.41) is 0. The van der Waals surface area contributed by atoms with Crippen LogP contribution in [0, 0.1) is 11.7 Å². The van der Waals surface area contributed by atoms with Gasteiger partial charge in [0.25, 0.3) is 0 Å². The number of hydrogen-bond donors (Lipinski definition) is 1. The molecule has 1 aliphatic carbocycles. The summed E-state index contributed by atoms with van der Waals surface area (Å²) in [6.07, 6.45) is 0.376. The number of rotatable bonds is 3. The van der Waals surface area contributed by atoms with Gasteiger partial charge in [0.15, 0.2) is 0 Å². The van der Waals surface area contributed by atoms with Crippen molar-refractivity contribution in [3.05, 3.63) is 35.1 Å². The van der Waals surface area contributed by atoms with Gasteiger partial charge < -0.3 is 4.74 Å². The molecule has 0 saturated heterocycles. The molecule has 1 aliphatic rings. The van der Waals surface area contributed by atoms with Crippen LogP contribution in [0.15, 0.2) is 18.2 Å². The molecule has 0 heterocycles. The molecular formula is C18H26FNO3S. The smallest absolute Gasteiger partial charge is 0.311 e. The zero-order chi connectivity index (χ0) is 18.3. The van der Waals surface area contributed by atoms with E-state index in [0.717, 1.165) is 5.56 Å². The van der Waals surface area contributed by atoms with Gasteiger partial charge >= 0.3 is 5.97 Å². The predicted octanol–water partition coefficient (Wildman–Crippen LogP) is 3.43. The van der Waals surface area contributed by atoms with Crippen LogP contribution in [0.25, 0.3) is 0 Å². The molecule has 0 amide bonds. The standard InChI is InChI=1S/C18H26FNO3S/c1-17(2,3)23-16(21)12-10-11-8-7-9-13(19)14(11)15(12)20-24(22)18(4,5)6/h7-9,12,15,20H,10H2,1-6H3/t12-,15+,24+/m0/s1. The van der Waals surface area contributed by atoms with Gasteiger partial charge in [-0.2, -0.15) is 0 Å². The quantitative estimate of drug-likeness (QED) is 0.845. The average molecular weight is 355 g/mol. The van der Waals surface area contributed by atoms with Crippen LogP contribution >= 0.6 is 0 Å². The van der Waals surface area contributed by atoms with E-state index in [1.807, 2.05) is 20.8 Å². The van der Waals surface area contributed by atoms with Gasteiger partial charge in [0, 0.05) is 5.56 Å². The molecule has 0 saturated carbocycles. The van der Waals surface area contributed by atoms with Crippen molar-refractivity contribution in [2.45, 2.75) is 64.4 Å². The van der Waals surface area contributed by atoms with E-state index in [9.17, 15) is 13.4 Å². The Labute approximate surface area is 145 Å². The summed E-state index contributed by atoms with van der Waals surface area (Å²) in [5.41, 5.74) is 0.554. The molecule has 1 N–H and O–H groups in total. The van der Waals surface area contributed by atoms with Gasteiger partial charge in [-0.25, -0.2) is 13.3 Å². The summed E-state index contributed by atoms with van der Waals surface area (Å²) >= 11 is 0. The maximum absolute atomic E-state index is 14.4. The Morgan fingerprint density at radius 1 is 1.25 bits per heavy atom. The molecule has 134 valence electrons. The average Bonchev–Trinajstić information content (AvgIpc) is 2.76. The Morgan fingerprint density at radius 2 is 1.88 bits per heavy atom. The SMILES string of the molecule is CC(C)(C)OC(=O)[C@H]1Cc2cccc(F)c2[C@@H]1N[S@](=O)C(C)(C)C. The van der Waals surface area contributed by atoms with E-state index in [4.69, 9.17) is 4.74 Å². The third-order valence-corrected chi connectivity index (χ3v) is 5.38. The minimum atomic E-state index is -1.43. The lowest BCUT2D eigenvalue weighted by molar-refractivity contribution is -0.160. The van der Waals surface area contributed by atoms with Gasteiger partial charge in [0.1, 0.15) is 11.4 Å². The first-order chi connectivity index (χ1) is 10.9. The van der Waals surface area contributed by atoms with E-state index in [0.29, 0.717) is 12.0 Å². The highest BCUT2D eigenvalue weighted by atomic mass is 32.2. The number of benzene rings is 1. The normalized spacial score (nSPS) is 22.1. The first-order valence-electron chi connectivity index (χ1n) is 8.08. The Kier molecular flexibility index (Phi) is 5.21. The maximum atomic E-state index is 14.4. The van der Waals surface area contributed by atoms with Crippen molar-refractivity contribution in [1.82, 2.24) is 4.72 Å². The number of hydrogen-bond acceptors (Lipinski definition) is 3. The maximum Gasteiger partial charge on any atom is 0.311 e. The number of ether oxygens (including phenoxy) is 1. The first-order valence-corrected chi connectivity index (χ1v) is 9.23. The lowest BCUT2D eigenvalue weighted by Crippen LogP contribution is -2.40. The summed E-state index contributed by atoms with van der Waals surface area (Å²) < 4.78 is 34.8. The van der Waals surface area contributed by atoms with Crippen LogP contribution in [0.1, 0.15) is 58.7 Å². The van der Waals surface area contributed by atoms with Crippen LogP contribution in [0.4, 0.5) is 4.39 Å². The van der Waals surface area contributed by atoms with Crippen molar-refractivity contribution in [3.63, 3.8) is 0 Å². The lowest BCUT2D eigenvalue weighted by atomic mass is 10.0. The summed E-state index contributed by atoms with van der Waals surface area (Å²) in [4.78, 5) is 12.6. The van der Waals surface area contributed by atoms with Gasteiger partial charge in [0.05, 0.1) is 27.7 Å². The van der Waals surface area contributed by atoms with Gasteiger partial charge in [0.2, 0.25) is 0 Å². The largest absolute Gasteiger partial charge is 0.460 e. The Hall–Kier alpha value is -1.27. The molecule has 0 aliphatic heterocycles. The highest BCUT2D eigenvalue weighted by Crippen LogP contribution is 2.39. The minimum Gasteiger partial charge on any atom is -0.460 e. The Bertz CT molecular complexity index is 661. The van der Waals surface area contributed by atoms with E-state index in [1.165, 1.54) is 6.07 Å². The second-order valence-corrected chi connectivity index (χ2v) is 10.1. The van der Waals surface area contributed by atoms with Crippen LogP contribution in [0.2, 0.25) is 0 Å². The van der Waals surface area contributed by atoms with E-state index < -0.39 is 39.3 Å². The molecule has 1 aromatic rings. The fraction of sp³-hybridized carbons (Fsp3) is 0.611. The van der Waals surface area contributed by atoms with Crippen LogP contribution in [0.5, 0.6) is 0 Å². The summed E-state index contributed by atoms with van der Waals surface area (Å²) in [6.45, 7) is 10.9. The number of nitrogens with one attached hydrogen (secondary N) is 1. The van der Waals surface area contributed by atoms with Crippen molar-refractivity contribution in [2.75, 3.05) is 0 Å². The predicted molar refractivity (Wildman–Crippen MR) is 93.2 cm³/mol. The number of carbonyl (C=O) groups excluding carboxylic acids is 1. The fourth-order valence-electron chi connectivity index (χ4n) is 2.69. The molecule has 3 atom stereocenters. The fourth-order valence-corrected chi connectivity index (χ4v) is 3.56. The zero-order valence-electron chi connectivity index (χ0n) is 15.1. The van der Waals surface area contributed by atoms with Crippen LogP contribution in [-0.2, 0) is 26.9 Å². The van der Waals surface area contributed by atoms with Crippen LogP contribution < -0.4 is 4.72 Å². The van der Waals surface area contributed by atoms with Crippen LogP contribution in [-0.4, -0.2) is 20.5 Å². The summed E-state index contributed by atoms with van der Waals surface area (Å²) in [5.74, 6) is -1.38. The summed E-state index contributed by atoms with van der Waals surface area (Å²) in [7, 11) is -1.43. The lowest BCUT2D eigenvalue weighted by Gasteiger charge is -2.28. The van der Waals surface area contributed by atoms with E-state index in [1.54, 1.807) is 32.9 Å². The Morgan fingerprint density at radius 3 is 2.42 bits per heavy atom. The number of carbonyl (C=O) groups is 1. The molecule has 2 rings (SSSR count). The molecule has 0 bridgehead atoms. The highest BCUT2D eigenvalue weighted by Gasteiger charge is 2.42. The van der Waals surface area contributed by atoms with Crippen molar-refractivity contribution in [1.29, 1.82) is 0 Å². The molecule has 0 spiro atoms. The molecule has 24 heavy (non-hydrogen) atoms. The van der Waals surface area contributed by atoms with E-state index in [-0.39, 0.29) is 5.82 Å². The molecular weight excluding hydrogens is 329 g/mol. The van der Waals surface area contributed by atoms with Crippen molar-refractivity contribution >= 4 is 17.0 Å². The van der Waals surface area contributed by atoms with Gasteiger partial charge in [-0.3, -0.25) is 4.79 Å². The van der Waals surface area contributed by atoms with E-state index in [2.05, 4.69) is 4.72 Å². The third-order valence-electron chi connectivity index (χ3n) is 3.80. The van der Waals surface area contributed by atoms with Gasteiger partial charge in [-0.15, -0.1) is 0 Å². The van der Waals surface area contributed by atoms with Gasteiger partial charge in [-0.05, 0) is 59.6 Å². The first kappa shape index (κ1) is 19.1. The third kappa shape index (κ3) is 4.22. The van der Waals surface area contributed by atoms with Crippen molar-refractivity contribution < 1.29 is 18.1 Å². The molecule has 0 radical (unpaired) electrons. The van der Waals surface area contributed by atoms with Crippen LogP contribution in [0.3, 0.4) is 0 Å². The van der Waals surface area contributed by atoms with Gasteiger partial charge in [-0.1, -0.05) is 12.1 Å². The number of halogens is 1. The summed E-state index contributed by atoms with van der Waals surface area (Å²) in [6, 6.07) is 4.14. The monoisotopic (exact) mass is 355 g/mol. The van der Waals surface area contributed by atoms with Crippen molar-refractivity contribution in [3.8, 4) is 0 Å². The number of esters is 1. The topological polar surface area (TPSA) is 55.4 Å². The second-order valence-electron chi connectivity index (χ2n) is 8.13. The molecule has 0 fully saturated rings. The molecule has 0 aromatic heterocycles. The molecule has 6 heteroatoms. The molecule has 0 unspecified atom stereocenters. The second kappa shape index (κ2) is 6.56. The van der Waals surface area contributed by atoms with Crippen molar-refractivity contribution in [2.24, 2.45) is 5.92 Å². The zero-order valence-corrected chi connectivity index (χ0v) is 15.9. The molecule has 1 aromatic carbocycles. The molecule has 4 nitrogen and oxygen atoms in total. The minimum absolute atomic E-state index is 0.376. The van der Waals surface area contributed by atoms with E-state index >= 15 is 0 Å². The number of fused-ring (bicyclic) bond motifs is 1.